The number of ether oxygens (including phenoxy) is 3. The van der Waals surface area contributed by atoms with Crippen LogP contribution in [0.25, 0.3) is 11.1 Å². The highest BCUT2D eigenvalue weighted by molar-refractivity contribution is 7.12. The summed E-state index contributed by atoms with van der Waals surface area (Å²) in [7, 11) is 4.58. The molecule has 3 aromatic rings. The molecule has 0 spiro atoms. The number of thiophene rings is 1. The van der Waals surface area contributed by atoms with Gasteiger partial charge >= 0.3 is 0 Å². The van der Waals surface area contributed by atoms with Gasteiger partial charge in [0.05, 0.1) is 26.2 Å². The molecule has 2 aromatic carbocycles. The average Bonchev–Trinajstić information content (AvgIpc) is 3.18. The van der Waals surface area contributed by atoms with Gasteiger partial charge in [-0.2, -0.15) is 0 Å². The Morgan fingerprint density at radius 2 is 1.59 bits per heavy atom. The highest BCUT2D eigenvalue weighted by Gasteiger charge is 2.19. The summed E-state index contributed by atoms with van der Waals surface area (Å²) in [6, 6.07) is 11.1. The lowest BCUT2D eigenvalue weighted by Gasteiger charge is -2.13. The molecule has 140 valence electrons. The van der Waals surface area contributed by atoms with Crippen molar-refractivity contribution < 1.29 is 19.0 Å². The molecule has 0 atom stereocenters. The average molecular weight is 403 g/mol. The minimum Gasteiger partial charge on any atom is -0.493 e. The monoisotopic (exact) mass is 402 g/mol. The van der Waals surface area contributed by atoms with Crippen molar-refractivity contribution in [1.82, 2.24) is 0 Å². The van der Waals surface area contributed by atoms with Crippen molar-refractivity contribution in [2.45, 2.75) is 6.92 Å². The number of carbonyl (C=O) groups is 1. The third-order valence-electron chi connectivity index (χ3n) is 4.26. The first-order chi connectivity index (χ1) is 13.0. The molecule has 0 aliphatic carbocycles. The Labute approximate surface area is 167 Å². The second kappa shape index (κ2) is 8.03. The number of benzene rings is 2. The molecule has 0 radical (unpaired) electrons. The molecule has 0 amide bonds. The fourth-order valence-electron chi connectivity index (χ4n) is 2.73. The van der Waals surface area contributed by atoms with Gasteiger partial charge in [-0.15, -0.1) is 11.3 Å². The molecule has 0 bridgehead atoms. The summed E-state index contributed by atoms with van der Waals surface area (Å²) in [5, 5.41) is 2.66. The van der Waals surface area contributed by atoms with Crippen LogP contribution in [0.2, 0.25) is 5.02 Å². The van der Waals surface area contributed by atoms with Crippen molar-refractivity contribution >= 4 is 28.7 Å². The van der Waals surface area contributed by atoms with E-state index in [-0.39, 0.29) is 5.78 Å². The van der Waals surface area contributed by atoms with Crippen LogP contribution in [-0.4, -0.2) is 27.1 Å². The topological polar surface area (TPSA) is 44.8 Å². The Morgan fingerprint density at radius 1 is 0.926 bits per heavy atom. The van der Waals surface area contributed by atoms with Crippen LogP contribution in [0.3, 0.4) is 0 Å². The summed E-state index contributed by atoms with van der Waals surface area (Å²) in [6.45, 7) is 1.96. The van der Waals surface area contributed by atoms with E-state index in [0.717, 1.165) is 16.7 Å². The van der Waals surface area contributed by atoms with Crippen LogP contribution in [0.1, 0.15) is 20.8 Å². The molecule has 1 aromatic heterocycles. The Kier molecular flexibility index (Phi) is 5.73. The van der Waals surface area contributed by atoms with Gasteiger partial charge in [0, 0.05) is 10.6 Å². The standard InChI is InChI=1S/C21H19ClO4S/c1-12-5-6-13(7-16(12)22)15-10-19(27-11-15)20(23)14-8-17(24-2)21(26-4)18(9-14)25-3/h5-11H,1-4H3. The smallest absolute Gasteiger partial charge is 0.203 e. The Morgan fingerprint density at radius 3 is 2.15 bits per heavy atom. The number of aryl methyl sites for hydroxylation is 1. The number of methoxy groups -OCH3 is 3. The van der Waals surface area contributed by atoms with Crippen LogP contribution < -0.4 is 14.2 Å². The molecule has 0 unspecified atom stereocenters. The zero-order valence-corrected chi connectivity index (χ0v) is 17.0. The molecule has 0 fully saturated rings. The van der Waals surface area contributed by atoms with Crippen LogP contribution in [0.5, 0.6) is 17.2 Å². The minimum absolute atomic E-state index is 0.108. The van der Waals surface area contributed by atoms with E-state index >= 15 is 0 Å². The normalized spacial score (nSPS) is 10.6. The van der Waals surface area contributed by atoms with Crippen molar-refractivity contribution in [1.29, 1.82) is 0 Å². The number of halogens is 1. The summed E-state index contributed by atoms with van der Waals surface area (Å²) >= 11 is 7.61. The first-order valence-electron chi connectivity index (χ1n) is 8.18. The van der Waals surface area contributed by atoms with Gasteiger partial charge in [0.15, 0.2) is 11.5 Å². The van der Waals surface area contributed by atoms with E-state index in [2.05, 4.69) is 0 Å². The van der Waals surface area contributed by atoms with Crippen LogP contribution in [0.15, 0.2) is 41.8 Å². The van der Waals surface area contributed by atoms with Gasteiger partial charge in [-0.25, -0.2) is 0 Å². The highest BCUT2D eigenvalue weighted by atomic mass is 35.5. The zero-order valence-electron chi connectivity index (χ0n) is 15.5. The maximum atomic E-state index is 13.0. The van der Waals surface area contributed by atoms with E-state index in [4.69, 9.17) is 25.8 Å². The molecule has 0 N–H and O–H groups in total. The summed E-state index contributed by atoms with van der Waals surface area (Å²) < 4.78 is 16.0. The summed E-state index contributed by atoms with van der Waals surface area (Å²) in [5.74, 6) is 1.24. The van der Waals surface area contributed by atoms with Gasteiger partial charge in [0.25, 0.3) is 0 Å². The number of rotatable bonds is 6. The fourth-order valence-corrected chi connectivity index (χ4v) is 3.79. The lowest BCUT2D eigenvalue weighted by atomic mass is 10.0. The summed E-state index contributed by atoms with van der Waals surface area (Å²) in [6.07, 6.45) is 0. The van der Waals surface area contributed by atoms with Crippen molar-refractivity contribution in [3.05, 3.63) is 62.8 Å². The third-order valence-corrected chi connectivity index (χ3v) is 5.59. The van der Waals surface area contributed by atoms with E-state index < -0.39 is 0 Å². The molecule has 0 aliphatic heterocycles. The van der Waals surface area contributed by atoms with E-state index in [0.29, 0.717) is 32.7 Å². The van der Waals surface area contributed by atoms with Crippen LogP contribution in [0, 0.1) is 6.92 Å². The molecule has 3 rings (SSSR count). The molecule has 4 nitrogen and oxygen atoms in total. The Balaban J connectivity index is 1.97. The molecular weight excluding hydrogens is 384 g/mol. The van der Waals surface area contributed by atoms with Gasteiger partial charge in [-0.1, -0.05) is 23.7 Å². The van der Waals surface area contributed by atoms with Crippen molar-refractivity contribution in [3.63, 3.8) is 0 Å². The summed E-state index contributed by atoms with van der Waals surface area (Å²) in [5.41, 5.74) is 3.42. The predicted octanol–water partition coefficient (Wildman–Crippen LogP) is 5.63. The van der Waals surface area contributed by atoms with Crippen LogP contribution >= 0.6 is 22.9 Å². The predicted molar refractivity (Wildman–Crippen MR) is 109 cm³/mol. The fraction of sp³-hybridized carbons (Fsp3) is 0.190. The highest BCUT2D eigenvalue weighted by Crippen LogP contribution is 2.39. The largest absolute Gasteiger partial charge is 0.493 e. The quantitative estimate of drug-likeness (QED) is 0.501. The van der Waals surface area contributed by atoms with Crippen LogP contribution in [0.4, 0.5) is 0 Å². The molecule has 0 saturated carbocycles. The Hall–Kier alpha value is -2.50. The lowest BCUT2D eigenvalue weighted by molar-refractivity contribution is 0.104. The maximum absolute atomic E-state index is 13.0. The van der Waals surface area contributed by atoms with Crippen molar-refractivity contribution in [2.75, 3.05) is 21.3 Å². The Bertz CT molecular complexity index is 969. The van der Waals surface area contributed by atoms with Crippen molar-refractivity contribution in [2.24, 2.45) is 0 Å². The van der Waals surface area contributed by atoms with E-state index in [9.17, 15) is 4.79 Å². The number of hydrogen-bond acceptors (Lipinski definition) is 5. The maximum Gasteiger partial charge on any atom is 0.203 e. The lowest BCUT2D eigenvalue weighted by Crippen LogP contribution is -2.02. The molecular formula is C21H19ClO4S. The summed E-state index contributed by atoms with van der Waals surface area (Å²) in [4.78, 5) is 13.6. The second-order valence-electron chi connectivity index (χ2n) is 5.91. The first kappa shape index (κ1) is 19.3. The van der Waals surface area contributed by atoms with Gasteiger partial charge in [-0.3, -0.25) is 4.79 Å². The van der Waals surface area contributed by atoms with E-state index in [1.54, 1.807) is 12.1 Å². The number of ketones is 1. The minimum atomic E-state index is -0.108. The SMILES string of the molecule is COc1cc(C(=O)c2cc(-c3ccc(C)c(Cl)c3)cs2)cc(OC)c1OC. The molecule has 0 aliphatic rings. The molecule has 27 heavy (non-hydrogen) atoms. The van der Waals surface area contributed by atoms with Gasteiger partial charge in [-0.05, 0) is 53.3 Å². The number of carbonyl (C=O) groups excluding carboxylic acids is 1. The molecule has 0 saturated heterocycles. The molecule has 6 heteroatoms. The van der Waals surface area contributed by atoms with E-state index in [1.807, 2.05) is 36.6 Å². The van der Waals surface area contributed by atoms with Crippen LogP contribution in [-0.2, 0) is 0 Å². The zero-order chi connectivity index (χ0) is 19.6. The first-order valence-corrected chi connectivity index (χ1v) is 9.44. The van der Waals surface area contributed by atoms with Gasteiger partial charge < -0.3 is 14.2 Å². The van der Waals surface area contributed by atoms with E-state index in [1.165, 1.54) is 32.7 Å². The third kappa shape index (κ3) is 3.80. The van der Waals surface area contributed by atoms with Gasteiger partial charge in [0.2, 0.25) is 11.5 Å². The number of hydrogen-bond donors (Lipinski definition) is 0. The van der Waals surface area contributed by atoms with Crippen molar-refractivity contribution in [3.8, 4) is 28.4 Å². The van der Waals surface area contributed by atoms with Gasteiger partial charge in [0.1, 0.15) is 0 Å². The molecule has 1 heterocycles. The second-order valence-corrected chi connectivity index (χ2v) is 7.23.